The number of pyridine rings is 1. The molecule has 5 nitrogen and oxygen atoms in total. The zero-order valence-electron chi connectivity index (χ0n) is 8.84. The Morgan fingerprint density at radius 3 is 2.67 bits per heavy atom. The highest BCUT2D eigenvalue weighted by Crippen LogP contribution is 2.30. The number of benzene rings is 1. The molecule has 0 aliphatic rings. The van der Waals surface area contributed by atoms with Gasteiger partial charge in [-0.15, -0.1) is 0 Å². The zero-order valence-corrected chi connectivity index (χ0v) is 8.84. The van der Waals surface area contributed by atoms with E-state index in [1.54, 1.807) is 0 Å². The fraction of sp³-hybridized carbons (Fsp3) is 0. The van der Waals surface area contributed by atoms with Crippen LogP contribution in [-0.2, 0) is 0 Å². The fourth-order valence-electron chi connectivity index (χ4n) is 1.28. The molecule has 0 radical (unpaired) electrons. The van der Waals surface area contributed by atoms with Crippen molar-refractivity contribution in [2.75, 3.05) is 0 Å². The summed E-state index contributed by atoms with van der Waals surface area (Å²) in [5, 5.41) is 10.7. The Bertz CT molecular complexity index is 605. The van der Waals surface area contributed by atoms with Gasteiger partial charge in [0.2, 0.25) is 17.6 Å². The van der Waals surface area contributed by atoms with Crippen LogP contribution in [0.3, 0.4) is 0 Å². The van der Waals surface area contributed by atoms with Gasteiger partial charge in [-0.2, -0.15) is 9.37 Å². The molecule has 2 aromatic rings. The molecular weight excluding hydrogens is 246 g/mol. The van der Waals surface area contributed by atoms with Gasteiger partial charge in [0, 0.05) is 18.2 Å². The number of nitro benzene ring substituents is 1. The van der Waals surface area contributed by atoms with E-state index in [1.165, 1.54) is 12.1 Å². The van der Waals surface area contributed by atoms with Crippen LogP contribution in [0.15, 0.2) is 36.4 Å². The predicted molar refractivity (Wildman–Crippen MR) is 57.3 cm³/mol. The Balaban J connectivity index is 2.39. The molecule has 0 saturated heterocycles. The van der Waals surface area contributed by atoms with Crippen LogP contribution in [-0.4, -0.2) is 9.91 Å². The second-order valence-corrected chi connectivity index (χ2v) is 3.27. The van der Waals surface area contributed by atoms with Gasteiger partial charge >= 0.3 is 5.69 Å². The first kappa shape index (κ1) is 11.9. The topological polar surface area (TPSA) is 65.3 Å². The average Bonchev–Trinajstić information content (AvgIpc) is 2.28. The zero-order chi connectivity index (χ0) is 13.1. The Hall–Kier alpha value is -2.57. The van der Waals surface area contributed by atoms with Gasteiger partial charge in [-0.25, -0.2) is 4.39 Å². The Kier molecular flexibility index (Phi) is 3.13. The van der Waals surface area contributed by atoms with E-state index in [4.69, 9.17) is 4.74 Å². The molecular formula is C11H6F2N2O3. The van der Waals surface area contributed by atoms with Gasteiger partial charge in [-0.1, -0.05) is 6.07 Å². The standard InChI is InChI=1S/C11H6F2N2O3/c12-7-4-5-8(15(16)17)9(6-7)18-11-3-1-2-10(13)14-11/h1-6H. The molecule has 0 bridgehead atoms. The highest BCUT2D eigenvalue weighted by Gasteiger charge is 2.17. The molecule has 0 fully saturated rings. The number of nitrogens with zero attached hydrogens (tertiary/aromatic N) is 2. The number of rotatable bonds is 3. The summed E-state index contributed by atoms with van der Waals surface area (Å²) >= 11 is 0. The van der Waals surface area contributed by atoms with Gasteiger partial charge in [-0.05, 0) is 12.1 Å². The van der Waals surface area contributed by atoms with E-state index >= 15 is 0 Å². The van der Waals surface area contributed by atoms with Gasteiger partial charge in [0.25, 0.3) is 0 Å². The third-order valence-electron chi connectivity index (χ3n) is 2.02. The summed E-state index contributed by atoms with van der Waals surface area (Å²) in [7, 11) is 0. The first-order valence-corrected chi connectivity index (χ1v) is 4.80. The molecule has 1 heterocycles. The second-order valence-electron chi connectivity index (χ2n) is 3.27. The van der Waals surface area contributed by atoms with Crippen molar-refractivity contribution in [3.63, 3.8) is 0 Å². The maximum Gasteiger partial charge on any atom is 0.311 e. The van der Waals surface area contributed by atoms with Crippen LogP contribution >= 0.6 is 0 Å². The maximum atomic E-state index is 13.0. The SMILES string of the molecule is O=[N+]([O-])c1ccc(F)cc1Oc1cccc(F)n1. The van der Waals surface area contributed by atoms with E-state index in [0.29, 0.717) is 0 Å². The van der Waals surface area contributed by atoms with E-state index in [2.05, 4.69) is 4.98 Å². The van der Waals surface area contributed by atoms with Crippen molar-refractivity contribution in [1.82, 2.24) is 4.98 Å². The fourth-order valence-corrected chi connectivity index (χ4v) is 1.28. The quantitative estimate of drug-likeness (QED) is 0.478. The number of halogens is 2. The second kappa shape index (κ2) is 4.74. The number of hydrogen-bond donors (Lipinski definition) is 0. The van der Waals surface area contributed by atoms with Crippen molar-refractivity contribution in [3.8, 4) is 11.6 Å². The van der Waals surface area contributed by atoms with E-state index < -0.39 is 22.4 Å². The molecule has 2 rings (SSSR count). The van der Waals surface area contributed by atoms with Crippen LogP contribution < -0.4 is 4.74 Å². The summed E-state index contributed by atoms with van der Waals surface area (Å²) in [6.45, 7) is 0. The minimum Gasteiger partial charge on any atom is -0.432 e. The molecule has 0 unspecified atom stereocenters. The lowest BCUT2D eigenvalue weighted by molar-refractivity contribution is -0.385. The van der Waals surface area contributed by atoms with Crippen molar-refractivity contribution >= 4 is 5.69 Å². The third-order valence-corrected chi connectivity index (χ3v) is 2.02. The molecule has 0 saturated carbocycles. The van der Waals surface area contributed by atoms with Gasteiger partial charge in [0.05, 0.1) is 4.92 Å². The van der Waals surface area contributed by atoms with Crippen molar-refractivity contribution < 1.29 is 18.4 Å². The molecule has 0 amide bonds. The summed E-state index contributed by atoms with van der Waals surface area (Å²) in [5.41, 5.74) is -0.428. The van der Waals surface area contributed by atoms with Crippen LogP contribution in [0.4, 0.5) is 14.5 Å². The van der Waals surface area contributed by atoms with E-state index in [1.807, 2.05) is 0 Å². The van der Waals surface area contributed by atoms with Crippen molar-refractivity contribution in [2.24, 2.45) is 0 Å². The van der Waals surface area contributed by atoms with Crippen molar-refractivity contribution in [3.05, 3.63) is 58.3 Å². The van der Waals surface area contributed by atoms with Gasteiger partial charge in [0.1, 0.15) is 5.82 Å². The summed E-state index contributed by atoms with van der Waals surface area (Å²) in [6, 6.07) is 6.45. The van der Waals surface area contributed by atoms with E-state index in [0.717, 1.165) is 24.3 Å². The van der Waals surface area contributed by atoms with Gasteiger partial charge in [0.15, 0.2) is 0 Å². The first-order chi connectivity index (χ1) is 8.56. The monoisotopic (exact) mass is 252 g/mol. The van der Waals surface area contributed by atoms with E-state index in [9.17, 15) is 18.9 Å². The highest BCUT2D eigenvalue weighted by atomic mass is 19.1. The van der Waals surface area contributed by atoms with Gasteiger partial charge < -0.3 is 4.74 Å². The Morgan fingerprint density at radius 2 is 2.00 bits per heavy atom. The lowest BCUT2D eigenvalue weighted by Crippen LogP contribution is -1.96. The van der Waals surface area contributed by atoms with Crippen LogP contribution in [0.2, 0.25) is 0 Å². The van der Waals surface area contributed by atoms with Crippen LogP contribution in [0.1, 0.15) is 0 Å². The predicted octanol–water partition coefficient (Wildman–Crippen LogP) is 3.06. The maximum absolute atomic E-state index is 13.0. The summed E-state index contributed by atoms with van der Waals surface area (Å²) < 4.78 is 30.8. The third kappa shape index (κ3) is 2.57. The summed E-state index contributed by atoms with van der Waals surface area (Å²) in [5.74, 6) is -2.03. The average molecular weight is 252 g/mol. The molecule has 18 heavy (non-hydrogen) atoms. The normalized spacial score (nSPS) is 10.1. The van der Waals surface area contributed by atoms with Crippen molar-refractivity contribution in [1.29, 1.82) is 0 Å². The molecule has 1 aromatic heterocycles. The number of hydrogen-bond acceptors (Lipinski definition) is 4. The number of aromatic nitrogens is 1. The minimum absolute atomic E-state index is 0.191. The summed E-state index contributed by atoms with van der Waals surface area (Å²) in [6.07, 6.45) is 0. The van der Waals surface area contributed by atoms with Gasteiger partial charge in [-0.3, -0.25) is 10.1 Å². The van der Waals surface area contributed by atoms with E-state index in [-0.39, 0.29) is 11.6 Å². The first-order valence-electron chi connectivity index (χ1n) is 4.80. The molecule has 0 atom stereocenters. The van der Waals surface area contributed by atoms with Crippen LogP contribution in [0, 0.1) is 21.9 Å². The smallest absolute Gasteiger partial charge is 0.311 e. The van der Waals surface area contributed by atoms with Crippen molar-refractivity contribution in [2.45, 2.75) is 0 Å². The van der Waals surface area contributed by atoms with Crippen LogP contribution in [0.25, 0.3) is 0 Å². The molecule has 0 spiro atoms. The molecule has 92 valence electrons. The molecule has 7 heteroatoms. The van der Waals surface area contributed by atoms with Crippen LogP contribution in [0.5, 0.6) is 11.6 Å². The molecule has 0 N–H and O–H groups in total. The summed E-state index contributed by atoms with van der Waals surface area (Å²) in [4.78, 5) is 13.3. The molecule has 1 aromatic carbocycles. The highest BCUT2D eigenvalue weighted by molar-refractivity contribution is 5.47. The molecule has 0 aliphatic carbocycles. The Labute approximate surface area is 99.8 Å². The minimum atomic E-state index is -0.799. The lowest BCUT2D eigenvalue weighted by Gasteiger charge is -2.05. The Morgan fingerprint density at radius 1 is 1.22 bits per heavy atom. The number of nitro groups is 1. The largest absolute Gasteiger partial charge is 0.432 e. The molecule has 0 aliphatic heterocycles. The lowest BCUT2D eigenvalue weighted by atomic mass is 10.3. The number of ether oxygens (including phenoxy) is 1.